The van der Waals surface area contributed by atoms with Gasteiger partial charge in [-0.3, -0.25) is 4.79 Å². The summed E-state index contributed by atoms with van der Waals surface area (Å²) in [6.07, 6.45) is 2.14. The van der Waals surface area contributed by atoms with Gasteiger partial charge in [-0.2, -0.15) is 5.10 Å². The lowest BCUT2D eigenvalue weighted by molar-refractivity contribution is -0.138. The Kier molecular flexibility index (Phi) is 3.52. The number of carboxylic acids is 1. The van der Waals surface area contributed by atoms with Gasteiger partial charge < -0.3 is 5.11 Å². The SMILES string of the molecule is C=Cc1nc(-c2ccc(C3CC3C(=O)O)cc2F)nn1CC. The number of aliphatic carboxylic acids is 1. The summed E-state index contributed by atoms with van der Waals surface area (Å²) < 4.78 is 16.0. The Morgan fingerprint density at radius 1 is 1.59 bits per heavy atom. The summed E-state index contributed by atoms with van der Waals surface area (Å²) in [5, 5.41) is 13.2. The van der Waals surface area contributed by atoms with Gasteiger partial charge in [0.1, 0.15) is 5.82 Å². The lowest BCUT2D eigenvalue weighted by Crippen LogP contribution is -2.00. The summed E-state index contributed by atoms with van der Waals surface area (Å²) in [6, 6.07) is 4.76. The lowest BCUT2D eigenvalue weighted by atomic mass is 10.1. The molecule has 0 radical (unpaired) electrons. The van der Waals surface area contributed by atoms with E-state index in [4.69, 9.17) is 5.11 Å². The van der Waals surface area contributed by atoms with E-state index < -0.39 is 17.7 Å². The van der Waals surface area contributed by atoms with Crippen molar-refractivity contribution in [3.05, 3.63) is 42.0 Å². The molecule has 0 aliphatic heterocycles. The quantitative estimate of drug-likeness (QED) is 0.922. The van der Waals surface area contributed by atoms with Gasteiger partial charge in [-0.15, -0.1) is 0 Å². The Labute approximate surface area is 127 Å². The van der Waals surface area contributed by atoms with Crippen molar-refractivity contribution >= 4 is 12.0 Å². The van der Waals surface area contributed by atoms with Crippen LogP contribution in [0.2, 0.25) is 0 Å². The van der Waals surface area contributed by atoms with E-state index >= 15 is 0 Å². The van der Waals surface area contributed by atoms with Crippen molar-refractivity contribution in [2.45, 2.75) is 25.8 Å². The average molecular weight is 301 g/mol. The van der Waals surface area contributed by atoms with Crippen LogP contribution in [0.1, 0.15) is 30.7 Å². The van der Waals surface area contributed by atoms with Crippen LogP contribution in [-0.4, -0.2) is 25.8 Å². The summed E-state index contributed by atoms with van der Waals surface area (Å²) in [5.41, 5.74) is 1.03. The highest BCUT2D eigenvalue weighted by Gasteiger charge is 2.44. The fraction of sp³-hybridized carbons (Fsp3) is 0.312. The number of aryl methyl sites for hydroxylation is 1. The van der Waals surface area contributed by atoms with Gasteiger partial charge in [0.05, 0.1) is 11.5 Å². The smallest absolute Gasteiger partial charge is 0.307 e. The maximum atomic E-state index is 14.3. The van der Waals surface area contributed by atoms with Crippen molar-refractivity contribution < 1.29 is 14.3 Å². The molecule has 1 fully saturated rings. The van der Waals surface area contributed by atoms with Gasteiger partial charge in [-0.05, 0) is 43.0 Å². The predicted octanol–water partition coefficient (Wildman–Crippen LogP) is 2.94. The van der Waals surface area contributed by atoms with E-state index in [0.717, 1.165) is 0 Å². The lowest BCUT2D eigenvalue weighted by Gasteiger charge is -2.03. The first kappa shape index (κ1) is 14.4. The van der Waals surface area contributed by atoms with Crippen LogP contribution in [-0.2, 0) is 11.3 Å². The van der Waals surface area contributed by atoms with Crippen LogP contribution >= 0.6 is 0 Å². The molecule has 2 aromatic rings. The van der Waals surface area contributed by atoms with Crippen molar-refractivity contribution in [3.63, 3.8) is 0 Å². The van der Waals surface area contributed by atoms with Crippen LogP contribution in [0.3, 0.4) is 0 Å². The second-order valence-corrected chi connectivity index (χ2v) is 5.34. The molecule has 6 heteroatoms. The second kappa shape index (κ2) is 5.36. The van der Waals surface area contributed by atoms with Gasteiger partial charge in [0.15, 0.2) is 11.6 Å². The Morgan fingerprint density at radius 3 is 2.86 bits per heavy atom. The fourth-order valence-corrected chi connectivity index (χ4v) is 2.63. The highest BCUT2D eigenvalue weighted by molar-refractivity contribution is 5.75. The summed E-state index contributed by atoms with van der Waals surface area (Å²) >= 11 is 0. The van der Waals surface area contributed by atoms with Crippen LogP contribution in [0.15, 0.2) is 24.8 Å². The molecule has 1 aliphatic carbocycles. The molecule has 1 saturated carbocycles. The molecule has 5 nitrogen and oxygen atoms in total. The van der Waals surface area contributed by atoms with Crippen molar-refractivity contribution in [1.82, 2.24) is 14.8 Å². The molecule has 22 heavy (non-hydrogen) atoms. The number of carboxylic acid groups (broad SMARTS) is 1. The Balaban J connectivity index is 1.91. The van der Waals surface area contributed by atoms with E-state index in [1.54, 1.807) is 22.9 Å². The molecule has 2 atom stereocenters. The van der Waals surface area contributed by atoms with E-state index in [0.29, 0.717) is 35.7 Å². The summed E-state index contributed by atoms with van der Waals surface area (Å²) in [4.78, 5) is 15.2. The molecule has 3 rings (SSSR count). The van der Waals surface area contributed by atoms with E-state index in [9.17, 15) is 9.18 Å². The van der Waals surface area contributed by atoms with Gasteiger partial charge in [-0.1, -0.05) is 12.6 Å². The largest absolute Gasteiger partial charge is 0.481 e. The number of nitrogens with zero attached hydrogens (tertiary/aromatic N) is 3. The maximum Gasteiger partial charge on any atom is 0.307 e. The first-order valence-corrected chi connectivity index (χ1v) is 7.15. The third-order valence-corrected chi connectivity index (χ3v) is 3.95. The maximum absolute atomic E-state index is 14.3. The summed E-state index contributed by atoms with van der Waals surface area (Å²) in [6.45, 7) is 6.21. The number of benzene rings is 1. The number of hydrogen-bond donors (Lipinski definition) is 1. The number of aromatic nitrogens is 3. The van der Waals surface area contributed by atoms with E-state index in [-0.39, 0.29) is 5.92 Å². The standard InChI is InChI=1S/C16H16FN3O2/c1-3-14-18-15(19-20(14)4-2)10-6-5-9(7-13(10)17)11-8-12(11)16(21)22/h3,5-7,11-12H,1,4,8H2,2H3,(H,21,22). The molecular weight excluding hydrogens is 285 g/mol. The van der Waals surface area contributed by atoms with Crippen molar-refractivity contribution in [1.29, 1.82) is 0 Å². The van der Waals surface area contributed by atoms with Crippen molar-refractivity contribution in [2.24, 2.45) is 5.92 Å². The molecule has 2 unspecified atom stereocenters. The van der Waals surface area contributed by atoms with Crippen LogP contribution in [0.5, 0.6) is 0 Å². The summed E-state index contributed by atoms with van der Waals surface area (Å²) in [7, 11) is 0. The normalized spacial score (nSPS) is 19.9. The molecule has 0 amide bonds. The third kappa shape index (κ3) is 2.41. The summed E-state index contributed by atoms with van der Waals surface area (Å²) in [5.74, 6) is -0.840. The second-order valence-electron chi connectivity index (χ2n) is 5.34. The molecule has 0 bridgehead atoms. The van der Waals surface area contributed by atoms with E-state index in [1.165, 1.54) is 6.07 Å². The molecular formula is C16H16FN3O2. The van der Waals surface area contributed by atoms with E-state index in [2.05, 4.69) is 16.7 Å². The molecule has 1 N–H and O–H groups in total. The average Bonchev–Trinajstić information content (AvgIpc) is 3.20. The Morgan fingerprint density at radius 2 is 2.36 bits per heavy atom. The first-order valence-electron chi connectivity index (χ1n) is 7.15. The topological polar surface area (TPSA) is 68.0 Å². The van der Waals surface area contributed by atoms with Crippen LogP contribution in [0.25, 0.3) is 17.5 Å². The van der Waals surface area contributed by atoms with Crippen molar-refractivity contribution in [3.8, 4) is 11.4 Å². The molecule has 0 saturated heterocycles. The predicted molar refractivity (Wildman–Crippen MR) is 79.7 cm³/mol. The highest BCUT2D eigenvalue weighted by Crippen LogP contribution is 2.48. The van der Waals surface area contributed by atoms with Crippen LogP contribution in [0, 0.1) is 11.7 Å². The number of rotatable bonds is 5. The molecule has 1 heterocycles. The minimum absolute atomic E-state index is 0.0917. The molecule has 1 aromatic heterocycles. The Bertz CT molecular complexity index is 754. The number of hydrogen-bond acceptors (Lipinski definition) is 3. The molecule has 1 aliphatic rings. The zero-order chi connectivity index (χ0) is 15.9. The van der Waals surface area contributed by atoms with Gasteiger partial charge in [0.2, 0.25) is 0 Å². The number of carbonyl (C=O) groups is 1. The van der Waals surface area contributed by atoms with E-state index in [1.807, 2.05) is 6.92 Å². The van der Waals surface area contributed by atoms with Gasteiger partial charge >= 0.3 is 5.97 Å². The monoisotopic (exact) mass is 301 g/mol. The molecule has 1 aromatic carbocycles. The van der Waals surface area contributed by atoms with Crippen LogP contribution in [0.4, 0.5) is 4.39 Å². The minimum atomic E-state index is -0.825. The Hall–Kier alpha value is -2.50. The highest BCUT2D eigenvalue weighted by atomic mass is 19.1. The number of halogens is 1. The zero-order valence-electron chi connectivity index (χ0n) is 12.2. The van der Waals surface area contributed by atoms with Gasteiger partial charge in [-0.25, -0.2) is 14.1 Å². The first-order chi connectivity index (χ1) is 10.5. The zero-order valence-corrected chi connectivity index (χ0v) is 12.2. The third-order valence-electron chi connectivity index (χ3n) is 3.95. The van der Waals surface area contributed by atoms with Gasteiger partial charge in [0.25, 0.3) is 0 Å². The van der Waals surface area contributed by atoms with Crippen molar-refractivity contribution in [2.75, 3.05) is 0 Å². The van der Waals surface area contributed by atoms with Gasteiger partial charge in [0, 0.05) is 6.54 Å². The molecule has 114 valence electrons. The van der Waals surface area contributed by atoms with Crippen LogP contribution < -0.4 is 0 Å². The molecule has 0 spiro atoms. The fourth-order valence-electron chi connectivity index (χ4n) is 2.63. The minimum Gasteiger partial charge on any atom is -0.481 e.